The van der Waals surface area contributed by atoms with Gasteiger partial charge in [-0.15, -0.1) is 6.58 Å². The average Bonchev–Trinajstić information content (AvgIpc) is 3.03. The number of likely N-dealkylation sites (N-methyl/N-ethyl adjacent to an activating group) is 1. The molecular formula is C16H32FN3. The second-order valence-corrected chi connectivity index (χ2v) is 3.60. The van der Waals surface area contributed by atoms with Gasteiger partial charge < -0.3 is 10.6 Å². The highest BCUT2D eigenvalue weighted by atomic mass is 19.1. The number of nitrogens with zero attached hydrogens (tertiary/aromatic N) is 1. The zero-order valence-corrected chi connectivity index (χ0v) is 13.8. The second kappa shape index (κ2) is 19.9. The molecule has 0 amide bonds. The highest BCUT2D eigenvalue weighted by Crippen LogP contribution is 2.19. The van der Waals surface area contributed by atoms with Crippen molar-refractivity contribution in [2.24, 2.45) is 10.9 Å². The van der Waals surface area contributed by atoms with Gasteiger partial charge in [-0.25, -0.2) is 0 Å². The quantitative estimate of drug-likeness (QED) is 0.469. The van der Waals surface area contributed by atoms with Crippen molar-refractivity contribution in [1.29, 1.82) is 0 Å². The van der Waals surface area contributed by atoms with E-state index in [1.54, 1.807) is 6.08 Å². The SMILES string of the molecule is C=CC.C=N/C(=C\C(=C)NC)C1CCNC1.CC.CF. The lowest BCUT2D eigenvalue weighted by Crippen LogP contribution is -2.11. The van der Waals surface area contributed by atoms with Crippen molar-refractivity contribution in [2.45, 2.75) is 27.2 Å². The maximum atomic E-state index is 9.50. The maximum Gasteiger partial charge on any atom is 0.0785 e. The summed E-state index contributed by atoms with van der Waals surface area (Å²) in [5.41, 5.74) is 1.92. The van der Waals surface area contributed by atoms with Crippen LogP contribution < -0.4 is 10.6 Å². The molecule has 0 saturated carbocycles. The molecule has 0 aromatic heterocycles. The van der Waals surface area contributed by atoms with Gasteiger partial charge in [0.25, 0.3) is 0 Å². The number of halogens is 1. The van der Waals surface area contributed by atoms with Gasteiger partial charge in [0, 0.05) is 30.9 Å². The Hall–Kier alpha value is -1.42. The monoisotopic (exact) mass is 285 g/mol. The fraction of sp³-hybridized carbons (Fsp3) is 0.562. The molecule has 0 aromatic carbocycles. The molecular weight excluding hydrogens is 253 g/mol. The molecule has 1 aliphatic rings. The lowest BCUT2D eigenvalue weighted by molar-refractivity contribution is 0.636. The molecule has 118 valence electrons. The van der Waals surface area contributed by atoms with Crippen LogP contribution >= 0.6 is 0 Å². The molecule has 3 nitrogen and oxygen atoms in total. The van der Waals surface area contributed by atoms with Crippen LogP contribution in [0, 0.1) is 5.92 Å². The summed E-state index contributed by atoms with van der Waals surface area (Å²) in [5.74, 6) is 0.502. The number of alkyl halides is 1. The molecule has 0 aromatic rings. The summed E-state index contributed by atoms with van der Waals surface area (Å²) in [7, 11) is 2.35. The highest BCUT2D eigenvalue weighted by Gasteiger charge is 2.17. The number of hydrogen-bond donors (Lipinski definition) is 2. The van der Waals surface area contributed by atoms with Crippen molar-refractivity contribution < 1.29 is 4.39 Å². The van der Waals surface area contributed by atoms with Crippen LogP contribution in [-0.2, 0) is 0 Å². The topological polar surface area (TPSA) is 36.4 Å². The van der Waals surface area contributed by atoms with Gasteiger partial charge >= 0.3 is 0 Å². The molecule has 4 heteroatoms. The van der Waals surface area contributed by atoms with E-state index in [-0.39, 0.29) is 0 Å². The lowest BCUT2D eigenvalue weighted by Gasteiger charge is -2.09. The van der Waals surface area contributed by atoms with Crippen molar-refractivity contribution in [3.63, 3.8) is 0 Å². The second-order valence-electron chi connectivity index (χ2n) is 3.60. The van der Waals surface area contributed by atoms with Crippen LogP contribution in [0.15, 0.2) is 41.7 Å². The first-order valence-corrected chi connectivity index (χ1v) is 6.90. The maximum absolute atomic E-state index is 9.50. The third-order valence-electron chi connectivity index (χ3n) is 2.30. The summed E-state index contributed by atoms with van der Waals surface area (Å²) in [4.78, 5) is 4.03. The molecule has 1 fully saturated rings. The number of hydrogen-bond acceptors (Lipinski definition) is 3. The van der Waals surface area contributed by atoms with E-state index < -0.39 is 0 Å². The first-order chi connectivity index (χ1) is 9.69. The van der Waals surface area contributed by atoms with Gasteiger partial charge in [0.1, 0.15) is 0 Å². The Kier molecular flexibility index (Phi) is 23.5. The molecule has 1 atom stereocenters. The molecule has 1 heterocycles. The Bertz CT molecular complexity index is 267. The number of aliphatic imine (C=N–C) groups is 1. The smallest absolute Gasteiger partial charge is 0.0785 e. The summed E-state index contributed by atoms with van der Waals surface area (Å²) in [6.45, 7) is 18.7. The van der Waals surface area contributed by atoms with Crippen LogP contribution in [0.5, 0.6) is 0 Å². The molecule has 1 saturated heterocycles. The third-order valence-corrected chi connectivity index (χ3v) is 2.30. The van der Waals surface area contributed by atoms with Crippen LogP contribution in [0.3, 0.4) is 0 Å². The van der Waals surface area contributed by atoms with E-state index in [0.717, 1.165) is 30.9 Å². The number of allylic oxidation sites excluding steroid dienone is 2. The summed E-state index contributed by atoms with van der Waals surface area (Å²) in [6, 6.07) is 0. The molecule has 1 unspecified atom stereocenters. The van der Waals surface area contributed by atoms with Crippen molar-refractivity contribution >= 4 is 6.72 Å². The minimum Gasteiger partial charge on any atom is -0.389 e. The Labute approximate surface area is 124 Å². The third kappa shape index (κ3) is 13.0. The summed E-state index contributed by atoms with van der Waals surface area (Å²) in [6.07, 6.45) is 4.85. The standard InChI is InChI=1S/C10H17N3.C3H6.C2H6.CH3F/c1-8(11-2)6-10(12-3)9-4-5-13-7-9;1-3-2;2*1-2/h6,9,11,13H,1,3-5,7H2,2H3;3H,1H2,2H3;1-2H3;1H3/b10-6-;;;. The van der Waals surface area contributed by atoms with Crippen molar-refractivity contribution in [2.75, 3.05) is 27.3 Å². The summed E-state index contributed by atoms with van der Waals surface area (Å²) in [5, 5.41) is 6.27. The number of nitrogens with one attached hydrogen (secondary N) is 2. The van der Waals surface area contributed by atoms with E-state index in [4.69, 9.17) is 0 Å². The first kappa shape index (κ1) is 23.7. The molecule has 20 heavy (non-hydrogen) atoms. The zero-order valence-electron chi connectivity index (χ0n) is 13.8. The number of rotatable bonds is 4. The Morgan fingerprint density at radius 3 is 2.20 bits per heavy atom. The van der Waals surface area contributed by atoms with Crippen LogP contribution in [0.25, 0.3) is 0 Å². The van der Waals surface area contributed by atoms with Gasteiger partial charge in [0.05, 0.1) is 7.18 Å². The average molecular weight is 285 g/mol. The van der Waals surface area contributed by atoms with E-state index in [9.17, 15) is 4.39 Å². The fourth-order valence-corrected chi connectivity index (χ4v) is 1.45. The van der Waals surface area contributed by atoms with Gasteiger partial charge in [-0.2, -0.15) is 0 Å². The Balaban J connectivity index is -0.000000355. The zero-order chi connectivity index (χ0) is 16.4. The van der Waals surface area contributed by atoms with Crippen molar-refractivity contribution in [3.8, 4) is 0 Å². The normalized spacial score (nSPS) is 16.1. The lowest BCUT2D eigenvalue weighted by atomic mass is 10.0. The molecule has 1 rings (SSSR count). The van der Waals surface area contributed by atoms with Gasteiger partial charge in [-0.05, 0) is 32.7 Å². The van der Waals surface area contributed by atoms with Gasteiger partial charge in [0.2, 0.25) is 0 Å². The van der Waals surface area contributed by atoms with E-state index in [0.29, 0.717) is 13.1 Å². The van der Waals surface area contributed by atoms with Gasteiger partial charge in [-0.3, -0.25) is 9.38 Å². The Morgan fingerprint density at radius 2 is 1.90 bits per heavy atom. The van der Waals surface area contributed by atoms with Gasteiger partial charge in [-0.1, -0.05) is 26.5 Å². The van der Waals surface area contributed by atoms with E-state index >= 15 is 0 Å². The first-order valence-electron chi connectivity index (χ1n) is 6.90. The van der Waals surface area contributed by atoms with Gasteiger partial charge in [0.15, 0.2) is 0 Å². The van der Waals surface area contributed by atoms with Crippen LogP contribution in [-0.4, -0.2) is 34.0 Å². The van der Waals surface area contributed by atoms with Crippen LogP contribution in [0.1, 0.15) is 27.2 Å². The van der Waals surface area contributed by atoms with E-state index in [2.05, 4.69) is 35.5 Å². The Morgan fingerprint density at radius 1 is 1.40 bits per heavy atom. The molecule has 0 radical (unpaired) electrons. The highest BCUT2D eigenvalue weighted by molar-refractivity contribution is 5.33. The minimum atomic E-state index is 0.500. The fourth-order valence-electron chi connectivity index (χ4n) is 1.45. The van der Waals surface area contributed by atoms with Crippen molar-refractivity contribution in [3.05, 3.63) is 36.7 Å². The minimum absolute atomic E-state index is 0.500. The largest absolute Gasteiger partial charge is 0.389 e. The predicted octanol–water partition coefficient (Wildman–Crippen LogP) is 3.72. The molecule has 1 aliphatic heterocycles. The van der Waals surface area contributed by atoms with E-state index in [1.807, 2.05) is 33.9 Å². The van der Waals surface area contributed by atoms with E-state index in [1.165, 1.54) is 0 Å². The molecule has 2 N–H and O–H groups in total. The van der Waals surface area contributed by atoms with Crippen LogP contribution in [0.4, 0.5) is 4.39 Å². The molecule has 0 bridgehead atoms. The van der Waals surface area contributed by atoms with Crippen LogP contribution in [0.2, 0.25) is 0 Å². The summed E-state index contributed by atoms with van der Waals surface area (Å²) >= 11 is 0. The summed E-state index contributed by atoms with van der Waals surface area (Å²) < 4.78 is 9.50. The molecule has 0 spiro atoms. The molecule has 0 aliphatic carbocycles. The predicted molar refractivity (Wildman–Crippen MR) is 91.1 cm³/mol. The van der Waals surface area contributed by atoms with Crippen molar-refractivity contribution in [1.82, 2.24) is 10.6 Å².